The molecule has 0 N–H and O–H groups in total. The highest BCUT2D eigenvalue weighted by atomic mass is 16.2. The summed E-state index contributed by atoms with van der Waals surface area (Å²) in [4.78, 5) is 13.7. The summed E-state index contributed by atoms with van der Waals surface area (Å²) < 4.78 is 3.46. The molecule has 2 aromatic rings. The third-order valence-corrected chi connectivity index (χ3v) is 2.70. The second kappa shape index (κ2) is 5.03. The van der Waals surface area contributed by atoms with Gasteiger partial charge in [-0.3, -0.25) is 14.2 Å². The quantitative estimate of drug-likeness (QED) is 0.807. The fourth-order valence-electron chi connectivity index (χ4n) is 1.71. The summed E-state index contributed by atoms with van der Waals surface area (Å²) in [5.41, 5.74) is 1.33. The predicted molar refractivity (Wildman–Crippen MR) is 66.9 cm³/mol. The molecule has 0 spiro atoms. The monoisotopic (exact) mass is 247 g/mol. The summed E-state index contributed by atoms with van der Waals surface area (Å²) in [6.07, 6.45) is 3.67. The van der Waals surface area contributed by atoms with Crippen LogP contribution in [0.4, 0.5) is 0 Å². The third-order valence-electron chi connectivity index (χ3n) is 2.70. The second-order valence-electron chi connectivity index (χ2n) is 4.20. The first-order chi connectivity index (χ1) is 8.60. The summed E-state index contributed by atoms with van der Waals surface area (Å²) in [7, 11) is 3.61. The van der Waals surface area contributed by atoms with Crippen LogP contribution in [0.25, 0.3) is 0 Å². The Morgan fingerprint density at radius 2 is 2.11 bits per heavy atom. The predicted octanol–water partition coefficient (Wildman–Crippen LogP) is 0.909. The number of carbonyl (C=O) groups is 1. The smallest absolute Gasteiger partial charge is 0.274 e. The highest BCUT2D eigenvalue weighted by molar-refractivity contribution is 5.91. The number of aryl methyl sites for hydroxylation is 2. The maximum Gasteiger partial charge on any atom is 0.274 e. The van der Waals surface area contributed by atoms with E-state index in [1.807, 2.05) is 32.4 Å². The molecule has 0 fully saturated rings. The molecular weight excluding hydrogens is 230 g/mol. The molecule has 18 heavy (non-hydrogen) atoms. The minimum absolute atomic E-state index is 0.0900. The minimum atomic E-state index is -0.0900. The van der Waals surface area contributed by atoms with Crippen molar-refractivity contribution in [3.63, 3.8) is 0 Å². The first kappa shape index (κ1) is 12.3. The summed E-state index contributed by atoms with van der Waals surface area (Å²) in [5.74, 6) is -0.0900. The Hall–Kier alpha value is -2.11. The van der Waals surface area contributed by atoms with Crippen molar-refractivity contribution in [3.8, 4) is 0 Å². The van der Waals surface area contributed by atoms with E-state index in [0.717, 1.165) is 12.2 Å². The normalized spacial score (nSPS) is 10.6. The van der Waals surface area contributed by atoms with E-state index in [9.17, 15) is 4.79 Å². The molecule has 6 heteroatoms. The van der Waals surface area contributed by atoms with Crippen LogP contribution in [0.15, 0.2) is 24.5 Å². The molecule has 96 valence electrons. The van der Waals surface area contributed by atoms with Crippen LogP contribution in [0.5, 0.6) is 0 Å². The van der Waals surface area contributed by atoms with Crippen molar-refractivity contribution >= 4 is 5.91 Å². The Morgan fingerprint density at radius 1 is 1.33 bits per heavy atom. The topological polar surface area (TPSA) is 56.0 Å². The molecule has 0 atom stereocenters. The number of rotatable bonds is 4. The van der Waals surface area contributed by atoms with Crippen LogP contribution in [0.2, 0.25) is 0 Å². The van der Waals surface area contributed by atoms with Gasteiger partial charge in [-0.2, -0.15) is 10.2 Å². The van der Waals surface area contributed by atoms with Crippen molar-refractivity contribution in [1.29, 1.82) is 0 Å². The lowest BCUT2D eigenvalue weighted by atomic mass is 10.3. The van der Waals surface area contributed by atoms with Gasteiger partial charge >= 0.3 is 0 Å². The molecule has 1 amide bonds. The molecule has 0 aliphatic heterocycles. The number of aromatic nitrogens is 4. The van der Waals surface area contributed by atoms with Crippen molar-refractivity contribution in [3.05, 3.63) is 35.9 Å². The molecule has 2 aromatic heterocycles. The lowest BCUT2D eigenvalue weighted by Gasteiger charge is -2.14. The molecular formula is C12H17N5O. The zero-order valence-corrected chi connectivity index (χ0v) is 10.9. The van der Waals surface area contributed by atoms with Crippen molar-refractivity contribution in [2.75, 3.05) is 7.05 Å². The van der Waals surface area contributed by atoms with Crippen molar-refractivity contribution in [2.45, 2.75) is 20.0 Å². The average molecular weight is 247 g/mol. The zero-order chi connectivity index (χ0) is 13.1. The van der Waals surface area contributed by atoms with Gasteiger partial charge in [0, 0.05) is 33.0 Å². The highest BCUT2D eigenvalue weighted by Gasteiger charge is 2.15. The van der Waals surface area contributed by atoms with E-state index in [-0.39, 0.29) is 5.91 Å². The highest BCUT2D eigenvalue weighted by Crippen LogP contribution is 2.05. The Morgan fingerprint density at radius 3 is 2.67 bits per heavy atom. The fourth-order valence-corrected chi connectivity index (χ4v) is 1.71. The van der Waals surface area contributed by atoms with E-state index in [1.54, 1.807) is 27.4 Å². The van der Waals surface area contributed by atoms with Crippen LogP contribution in [0, 0.1) is 0 Å². The Bertz CT molecular complexity index is 542. The summed E-state index contributed by atoms with van der Waals surface area (Å²) in [6.45, 7) is 3.23. The van der Waals surface area contributed by atoms with Gasteiger partial charge in [0.1, 0.15) is 5.69 Å². The average Bonchev–Trinajstić information content (AvgIpc) is 2.97. The summed E-state index contributed by atoms with van der Waals surface area (Å²) in [5, 5.41) is 8.44. The molecule has 0 radical (unpaired) electrons. The van der Waals surface area contributed by atoms with Gasteiger partial charge in [-0.05, 0) is 19.1 Å². The number of hydrogen-bond donors (Lipinski definition) is 0. The largest absolute Gasteiger partial charge is 0.334 e. The fraction of sp³-hybridized carbons (Fsp3) is 0.417. The lowest BCUT2D eigenvalue weighted by molar-refractivity contribution is 0.0776. The van der Waals surface area contributed by atoms with Crippen LogP contribution in [-0.4, -0.2) is 37.4 Å². The summed E-state index contributed by atoms with van der Waals surface area (Å²) >= 11 is 0. The lowest BCUT2D eigenvalue weighted by Crippen LogP contribution is -2.27. The van der Waals surface area contributed by atoms with Gasteiger partial charge in [0.25, 0.3) is 5.91 Å². The van der Waals surface area contributed by atoms with Crippen LogP contribution in [0.3, 0.4) is 0 Å². The van der Waals surface area contributed by atoms with E-state index < -0.39 is 0 Å². The standard InChI is InChI=1S/C12H17N5O/c1-4-17-8-6-11(14-17)12(18)15(2)9-10-5-7-16(3)13-10/h5-8H,4,9H2,1-3H3. The van der Waals surface area contributed by atoms with E-state index in [0.29, 0.717) is 12.2 Å². The van der Waals surface area contributed by atoms with Crippen molar-refractivity contribution < 1.29 is 4.79 Å². The van der Waals surface area contributed by atoms with Crippen LogP contribution < -0.4 is 0 Å². The van der Waals surface area contributed by atoms with Crippen LogP contribution in [0.1, 0.15) is 23.1 Å². The van der Waals surface area contributed by atoms with E-state index in [2.05, 4.69) is 10.2 Å². The van der Waals surface area contributed by atoms with Gasteiger partial charge < -0.3 is 4.90 Å². The maximum absolute atomic E-state index is 12.1. The van der Waals surface area contributed by atoms with Crippen molar-refractivity contribution in [2.24, 2.45) is 7.05 Å². The SMILES string of the molecule is CCn1ccc(C(=O)N(C)Cc2ccn(C)n2)n1. The molecule has 0 aliphatic rings. The van der Waals surface area contributed by atoms with Gasteiger partial charge in [-0.1, -0.05) is 0 Å². The molecule has 0 aromatic carbocycles. The number of amides is 1. The Labute approximate surface area is 106 Å². The second-order valence-corrected chi connectivity index (χ2v) is 4.20. The molecule has 2 heterocycles. The van der Waals surface area contributed by atoms with Gasteiger partial charge in [0.15, 0.2) is 0 Å². The molecule has 2 rings (SSSR count). The molecule has 0 aliphatic carbocycles. The van der Waals surface area contributed by atoms with Crippen LogP contribution >= 0.6 is 0 Å². The third kappa shape index (κ3) is 2.58. The Balaban J connectivity index is 2.04. The van der Waals surface area contributed by atoms with Crippen molar-refractivity contribution in [1.82, 2.24) is 24.5 Å². The van der Waals surface area contributed by atoms with E-state index in [4.69, 9.17) is 0 Å². The first-order valence-corrected chi connectivity index (χ1v) is 5.87. The minimum Gasteiger partial charge on any atom is -0.334 e. The van der Waals surface area contributed by atoms with E-state index in [1.165, 1.54) is 0 Å². The molecule has 6 nitrogen and oxygen atoms in total. The number of nitrogens with zero attached hydrogens (tertiary/aromatic N) is 5. The number of carbonyl (C=O) groups excluding carboxylic acids is 1. The molecule has 0 unspecified atom stereocenters. The maximum atomic E-state index is 12.1. The summed E-state index contributed by atoms with van der Waals surface area (Å²) in [6, 6.07) is 3.63. The molecule has 0 saturated carbocycles. The zero-order valence-electron chi connectivity index (χ0n) is 10.9. The Kier molecular flexibility index (Phi) is 3.45. The van der Waals surface area contributed by atoms with Gasteiger partial charge in [0.2, 0.25) is 0 Å². The first-order valence-electron chi connectivity index (χ1n) is 5.87. The van der Waals surface area contributed by atoms with Gasteiger partial charge in [0.05, 0.1) is 12.2 Å². The van der Waals surface area contributed by atoms with Gasteiger partial charge in [-0.15, -0.1) is 0 Å². The number of hydrogen-bond acceptors (Lipinski definition) is 3. The van der Waals surface area contributed by atoms with Gasteiger partial charge in [-0.25, -0.2) is 0 Å². The van der Waals surface area contributed by atoms with Crippen LogP contribution in [-0.2, 0) is 20.1 Å². The molecule has 0 bridgehead atoms. The van der Waals surface area contributed by atoms with E-state index >= 15 is 0 Å². The molecule has 0 saturated heterocycles.